The lowest BCUT2D eigenvalue weighted by molar-refractivity contribution is 0.0788. The summed E-state index contributed by atoms with van der Waals surface area (Å²) in [5, 5.41) is 0.644. The first-order valence-electron chi connectivity index (χ1n) is 6.13. The molecule has 0 N–H and O–H groups in total. The molecule has 1 aromatic carbocycles. The molecule has 1 rings (SSSR count). The molecule has 0 saturated heterocycles. The summed E-state index contributed by atoms with van der Waals surface area (Å²) >= 11 is 5.82. The standard InChI is InChI=1S/C14H20ClNO2/c1-4-16(9-10-18-3)11(2)14(17)12-5-7-13(15)8-6-12/h5-8,11H,4,9-10H2,1-3H3. The predicted molar refractivity (Wildman–Crippen MR) is 74.4 cm³/mol. The zero-order valence-corrected chi connectivity index (χ0v) is 11.9. The van der Waals surface area contributed by atoms with E-state index in [1.54, 1.807) is 31.4 Å². The van der Waals surface area contributed by atoms with Gasteiger partial charge in [-0.2, -0.15) is 0 Å². The molecule has 1 unspecified atom stereocenters. The van der Waals surface area contributed by atoms with E-state index in [9.17, 15) is 4.79 Å². The molecule has 0 aliphatic rings. The third kappa shape index (κ3) is 4.09. The minimum absolute atomic E-state index is 0.115. The average Bonchev–Trinajstić information content (AvgIpc) is 2.39. The molecule has 0 bridgehead atoms. The van der Waals surface area contributed by atoms with Crippen LogP contribution in [0, 0.1) is 0 Å². The van der Waals surface area contributed by atoms with Gasteiger partial charge >= 0.3 is 0 Å². The summed E-state index contributed by atoms with van der Waals surface area (Å²) in [4.78, 5) is 14.4. The zero-order chi connectivity index (χ0) is 13.5. The maximum atomic E-state index is 12.3. The van der Waals surface area contributed by atoms with Gasteiger partial charge < -0.3 is 4.74 Å². The van der Waals surface area contributed by atoms with Gasteiger partial charge in [0.1, 0.15) is 0 Å². The minimum atomic E-state index is -0.147. The summed E-state index contributed by atoms with van der Waals surface area (Å²) in [6, 6.07) is 6.88. The normalized spacial score (nSPS) is 12.7. The number of carbonyl (C=O) groups is 1. The molecule has 1 aromatic rings. The van der Waals surface area contributed by atoms with Gasteiger partial charge in [0, 0.05) is 24.2 Å². The van der Waals surface area contributed by atoms with Gasteiger partial charge in [0.25, 0.3) is 0 Å². The summed E-state index contributed by atoms with van der Waals surface area (Å²) in [6.07, 6.45) is 0. The van der Waals surface area contributed by atoms with Crippen LogP contribution in [0.25, 0.3) is 0 Å². The molecule has 3 nitrogen and oxygen atoms in total. The maximum absolute atomic E-state index is 12.3. The van der Waals surface area contributed by atoms with Gasteiger partial charge in [-0.3, -0.25) is 9.69 Å². The summed E-state index contributed by atoms with van der Waals surface area (Å²) in [5.41, 5.74) is 0.697. The van der Waals surface area contributed by atoms with Crippen molar-refractivity contribution in [1.82, 2.24) is 4.90 Å². The van der Waals surface area contributed by atoms with E-state index in [0.29, 0.717) is 17.2 Å². The van der Waals surface area contributed by atoms with E-state index in [-0.39, 0.29) is 11.8 Å². The van der Waals surface area contributed by atoms with E-state index >= 15 is 0 Å². The largest absolute Gasteiger partial charge is 0.383 e. The van der Waals surface area contributed by atoms with Crippen molar-refractivity contribution in [3.8, 4) is 0 Å². The van der Waals surface area contributed by atoms with Crippen LogP contribution in [-0.2, 0) is 4.74 Å². The van der Waals surface area contributed by atoms with Gasteiger partial charge in [-0.25, -0.2) is 0 Å². The van der Waals surface area contributed by atoms with E-state index in [4.69, 9.17) is 16.3 Å². The molecule has 0 spiro atoms. The van der Waals surface area contributed by atoms with Gasteiger partial charge in [-0.05, 0) is 37.7 Å². The fourth-order valence-electron chi connectivity index (χ4n) is 1.86. The quantitative estimate of drug-likeness (QED) is 0.713. The molecule has 0 aliphatic heterocycles. The Labute approximate surface area is 114 Å². The molecule has 0 saturated carbocycles. The predicted octanol–water partition coefficient (Wildman–Crippen LogP) is 2.88. The van der Waals surface area contributed by atoms with Crippen LogP contribution < -0.4 is 0 Å². The number of hydrogen-bond donors (Lipinski definition) is 0. The van der Waals surface area contributed by atoms with Crippen molar-refractivity contribution in [2.45, 2.75) is 19.9 Å². The number of nitrogens with zero attached hydrogens (tertiary/aromatic N) is 1. The molecule has 4 heteroatoms. The number of hydrogen-bond acceptors (Lipinski definition) is 3. The van der Waals surface area contributed by atoms with Crippen LogP contribution in [0.3, 0.4) is 0 Å². The number of likely N-dealkylation sites (N-methyl/N-ethyl adjacent to an activating group) is 1. The SMILES string of the molecule is CCN(CCOC)C(C)C(=O)c1ccc(Cl)cc1. The monoisotopic (exact) mass is 269 g/mol. The molecule has 18 heavy (non-hydrogen) atoms. The van der Waals surface area contributed by atoms with Gasteiger partial charge in [0.15, 0.2) is 5.78 Å². The van der Waals surface area contributed by atoms with Crippen molar-refractivity contribution in [1.29, 1.82) is 0 Å². The first-order valence-corrected chi connectivity index (χ1v) is 6.50. The molecule has 0 heterocycles. The second-order valence-electron chi connectivity index (χ2n) is 4.17. The Morgan fingerprint density at radius 2 is 2.00 bits per heavy atom. The van der Waals surface area contributed by atoms with Gasteiger partial charge in [0.05, 0.1) is 12.6 Å². The second-order valence-corrected chi connectivity index (χ2v) is 4.60. The molecule has 0 aromatic heterocycles. The van der Waals surface area contributed by atoms with Gasteiger partial charge in [-0.15, -0.1) is 0 Å². The Morgan fingerprint density at radius 1 is 1.39 bits per heavy atom. The highest BCUT2D eigenvalue weighted by Gasteiger charge is 2.20. The Kier molecular flexibility index (Phi) is 6.33. The third-order valence-corrected chi connectivity index (χ3v) is 3.30. The third-order valence-electron chi connectivity index (χ3n) is 3.04. The first kappa shape index (κ1) is 15.2. The highest BCUT2D eigenvalue weighted by molar-refractivity contribution is 6.30. The smallest absolute Gasteiger partial charge is 0.179 e. The molecule has 1 atom stereocenters. The van der Waals surface area contributed by atoms with E-state index < -0.39 is 0 Å². The van der Waals surface area contributed by atoms with Crippen molar-refractivity contribution in [3.05, 3.63) is 34.9 Å². The van der Waals surface area contributed by atoms with E-state index in [1.165, 1.54) is 0 Å². The number of halogens is 1. The molecule has 0 radical (unpaired) electrons. The van der Waals surface area contributed by atoms with Gasteiger partial charge in [0.2, 0.25) is 0 Å². The number of methoxy groups -OCH3 is 1. The topological polar surface area (TPSA) is 29.5 Å². The molecular formula is C14H20ClNO2. The van der Waals surface area contributed by atoms with Crippen LogP contribution >= 0.6 is 11.6 Å². The van der Waals surface area contributed by atoms with Crippen LogP contribution in [-0.4, -0.2) is 43.5 Å². The lowest BCUT2D eigenvalue weighted by Crippen LogP contribution is -2.40. The molecular weight excluding hydrogens is 250 g/mol. The van der Waals surface area contributed by atoms with Crippen molar-refractivity contribution >= 4 is 17.4 Å². The fraction of sp³-hybridized carbons (Fsp3) is 0.500. The Balaban J connectivity index is 2.72. The lowest BCUT2D eigenvalue weighted by Gasteiger charge is -2.26. The second kappa shape index (κ2) is 7.52. The molecule has 100 valence electrons. The number of carbonyl (C=O) groups excluding carboxylic acids is 1. The minimum Gasteiger partial charge on any atom is -0.383 e. The van der Waals surface area contributed by atoms with Crippen LogP contribution in [0.5, 0.6) is 0 Å². The fourth-order valence-corrected chi connectivity index (χ4v) is 1.98. The van der Waals surface area contributed by atoms with Crippen molar-refractivity contribution in [2.24, 2.45) is 0 Å². The van der Waals surface area contributed by atoms with Crippen LogP contribution in [0.4, 0.5) is 0 Å². The average molecular weight is 270 g/mol. The number of benzene rings is 1. The Bertz CT molecular complexity index is 378. The number of Topliss-reactive ketones (excluding diaryl/α,β-unsaturated/α-hetero) is 1. The highest BCUT2D eigenvalue weighted by Crippen LogP contribution is 2.13. The van der Waals surface area contributed by atoms with E-state index in [2.05, 4.69) is 4.90 Å². The van der Waals surface area contributed by atoms with Crippen molar-refractivity contribution in [2.75, 3.05) is 26.8 Å². The van der Waals surface area contributed by atoms with Gasteiger partial charge in [-0.1, -0.05) is 18.5 Å². The highest BCUT2D eigenvalue weighted by atomic mass is 35.5. The van der Waals surface area contributed by atoms with E-state index in [1.807, 2.05) is 13.8 Å². The van der Waals surface area contributed by atoms with Crippen LogP contribution in [0.2, 0.25) is 5.02 Å². The number of ether oxygens (including phenoxy) is 1. The first-order chi connectivity index (χ1) is 8.60. The summed E-state index contributed by atoms with van der Waals surface area (Å²) < 4.78 is 5.06. The summed E-state index contributed by atoms with van der Waals surface area (Å²) in [5.74, 6) is 0.115. The lowest BCUT2D eigenvalue weighted by atomic mass is 10.0. The van der Waals surface area contributed by atoms with E-state index in [0.717, 1.165) is 13.1 Å². The van der Waals surface area contributed by atoms with Crippen LogP contribution in [0.1, 0.15) is 24.2 Å². The summed E-state index contributed by atoms with van der Waals surface area (Å²) in [6.45, 7) is 6.18. The molecule has 0 aliphatic carbocycles. The molecule has 0 fully saturated rings. The Morgan fingerprint density at radius 3 is 2.50 bits per heavy atom. The zero-order valence-electron chi connectivity index (χ0n) is 11.1. The van der Waals surface area contributed by atoms with Crippen molar-refractivity contribution < 1.29 is 9.53 Å². The number of ketones is 1. The Hall–Kier alpha value is -0.900. The number of rotatable bonds is 7. The molecule has 0 amide bonds. The maximum Gasteiger partial charge on any atom is 0.179 e. The summed E-state index contributed by atoms with van der Waals surface area (Å²) in [7, 11) is 1.67. The van der Waals surface area contributed by atoms with Crippen LogP contribution in [0.15, 0.2) is 24.3 Å². The van der Waals surface area contributed by atoms with Crippen molar-refractivity contribution in [3.63, 3.8) is 0 Å².